The highest BCUT2D eigenvalue weighted by molar-refractivity contribution is 8.00. The van der Waals surface area contributed by atoms with E-state index >= 15 is 0 Å². The highest BCUT2D eigenvalue weighted by Gasteiger charge is 2.37. The van der Waals surface area contributed by atoms with Gasteiger partial charge in [0, 0.05) is 60.1 Å². The third-order valence-corrected chi connectivity index (χ3v) is 28.9. The minimum atomic E-state index is -3.92. The molecule has 0 radical (unpaired) electrons. The lowest BCUT2D eigenvalue weighted by atomic mass is 9.72. The van der Waals surface area contributed by atoms with Gasteiger partial charge in [0.1, 0.15) is 25.6 Å². The highest BCUT2D eigenvalue weighted by atomic mass is 35.5. The van der Waals surface area contributed by atoms with Crippen molar-refractivity contribution in [3.63, 3.8) is 0 Å². The van der Waals surface area contributed by atoms with Crippen molar-refractivity contribution in [3.05, 3.63) is 208 Å². The van der Waals surface area contributed by atoms with Crippen molar-refractivity contribution in [2.75, 3.05) is 66.2 Å². The molecular formula is C89H98Cl2N8O17S6. The number of carbonyl (C=O) groups excluding carboxylic acids is 7. The predicted octanol–water partition coefficient (Wildman–Crippen LogP) is 18.5. The third kappa shape index (κ3) is 22.0. The number of aliphatic hydroxyl groups excluding tert-OH is 1. The van der Waals surface area contributed by atoms with Crippen LogP contribution in [0.15, 0.2) is 110 Å². The molecule has 4 aromatic carbocycles. The summed E-state index contributed by atoms with van der Waals surface area (Å²) in [5, 5.41) is 31.6. The number of amides is 3. The lowest BCUT2D eigenvalue weighted by Crippen LogP contribution is -2.31. The Morgan fingerprint density at radius 1 is 0.697 bits per heavy atom. The number of halogens is 2. The van der Waals surface area contributed by atoms with Gasteiger partial charge in [-0.15, -0.1) is 57.1 Å². The van der Waals surface area contributed by atoms with Gasteiger partial charge in [0.15, 0.2) is 0 Å². The van der Waals surface area contributed by atoms with Gasteiger partial charge in [-0.1, -0.05) is 88.2 Å². The second kappa shape index (κ2) is 41.6. The number of hydrogen-bond acceptors (Lipinski definition) is 24. The molecule has 4 aliphatic rings. The number of aromatic hydroxyl groups is 1. The fourth-order valence-corrected chi connectivity index (χ4v) is 22.6. The third-order valence-electron chi connectivity index (χ3n) is 21.1. The normalized spacial score (nSPS) is 14.6. The molecule has 10 aromatic rings. The molecular weight excluding hydrogens is 1720 g/mol. The van der Waals surface area contributed by atoms with Crippen LogP contribution in [-0.2, 0) is 89.9 Å². The minimum absolute atomic E-state index is 0.0383. The Bertz CT molecular complexity index is 5900. The Morgan fingerprint density at radius 2 is 1.30 bits per heavy atom. The van der Waals surface area contributed by atoms with Crippen LogP contribution in [0.5, 0.6) is 5.88 Å². The summed E-state index contributed by atoms with van der Waals surface area (Å²) in [6, 6.07) is 25.6. The number of hydrogen-bond donors (Lipinski definition) is 7. The Balaban J connectivity index is 0.000000162. The number of aliphatic hydroxyl groups is 1. The average Bonchev–Trinajstić information content (AvgIpc) is 1.42. The molecule has 4 aliphatic carbocycles. The Morgan fingerprint density at radius 3 is 1.95 bits per heavy atom. The summed E-state index contributed by atoms with van der Waals surface area (Å²) in [4.78, 5) is 128. The topological polar surface area (TPSA) is 359 Å². The number of aromatic nitrogens is 3. The molecule has 14 rings (SSSR count). The van der Waals surface area contributed by atoms with Gasteiger partial charge in [0.25, 0.3) is 21.5 Å². The lowest BCUT2D eigenvalue weighted by Gasteiger charge is -2.33. The van der Waals surface area contributed by atoms with Gasteiger partial charge in [-0.05, 0) is 228 Å². The summed E-state index contributed by atoms with van der Waals surface area (Å²) >= 11 is 19.7. The molecule has 6 aromatic heterocycles. The SMILES string of the molecule is CCCOC(=O)c1c(NC(=O)c2c(C)c(-c3ccc(Cl)cc3Cl)nc3ccccc23)sc2c1CCC(C)C2.CCOC(=O)c1c(N=Cc2c(O)n(-c3cccc(C)c3)c(=O)[nH]c2=O)sc2c1CCCC2.COC(=O)c1c(NC(=O)CSCCO)sc2c1CCCC2.COC(=O)c1c(NS(=O)(=O)c2ccc(NC(C)=O)cc2)sc2c1CCC(C(C)(C)C)C2. The van der Waals surface area contributed by atoms with Crippen LogP contribution in [0.25, 0.3) is 27.8 Å². The van der Waals surface area contributed by atoms with Gasteiger partial charge in [-0.3, -0.25) is 28.9 Å². The molecule has 7 N–H and O–H groups in total. The minimum Gasteiger partial charge on any atom is -0.493 e. The average molecular weight is 1820 g/mol. The molecule has 6 heterocycles. The second-order valence-corrected chi connectivity index (χ2v) is 38.9. The fourth-order valence-electron chi connectivity index (χ4n) is 15.1. The second-order valence-electron chi connectivity index (χ2n) is 30.8. The number of nitrogens with one attached hydrogen (secondary N) is 5. The number of nitrogens with zero attached hydrogens (tertiary/aromatic N) is 3. The number of para-hydroxylation sites is 1. The van der Waals surface area contributed by atoms with Gasteiger partial charge in [0.05, 0.1) is 94.4 Å². The van der Waals surface area contributed by atoms with E-state index in [1.807, 2.05) is 57.2 Å². The van der Waals surface area contributed by atoms with Gasteiger partial charge in [-0.25, -0.2) is 46.9 Å². The summed E-state index contributed by atoms with van der Waals surface area (Å²) in [6.07, 6.45) is 14.8. The van der Waals surface area contributed by atoms with E-state index in [4.69, 9.17) is 52.2 Å². The fraction of sp³-hybridized carbons (Fsp3) is 0.382. The number of H-pyrrole nitrogens is 1. The standard InChI is InChI=1S/C30H28Cl2N2O3S.C23H23N3O5S.C22H28N2O5S2.C14H19NO4S2/c1-4-13-37-30(36)26-21-11-9-16(2)14-24(21)38-29(26)34-28(35)25-17(3)27(19-12-10-18(31)15-22(19)32)33-23-8-6-5-7-20(23)25;1-3-31-22(29)18-15-9-4-5-10-17(15)32-20(18)24-12-16-19(27)25-23(30)26(21(16)28)14-8-6-7-13(2)11-14;1-13(25)23-15-7-9-16(10-8-15)31(27,28)24-20-19(21(26)29-5)17-11-6-14(22(2,3)4)12-18(17)30-20;1-19-14(18)12-9-4-2-3-5-10(9)21-13(12)15-11(17)8-20-7-6-16/h5-8,10,12,15-16H,4,9,11,13-14H2,1-3H3,(H,34,35);6-8,11-12,28H,3-5,9-10H2,1-2H3,(H,25,27,30);7-10,14,24H,6,11-12H2,1-5H3,(H,23,25);16H,2-8H2,1H3,(H,15,17). The number of aliphatic imine (C=N–C) groups is 1. The molecule has 0 saturated carbocycles. The van der Waals surface area contributed by atoms with Crippen molar-refractivity contribution < 1.29 is 71.1 Å². The van der Waals surface area contributed by atoms with E-state index in [1.54, 1.807) is 37.3 Å². The van der Waals surface area contributed by atoms with Crippen molar-refractivity contribution in [3.8, 4) is 22.8 Å². The summed E-state index contributed by atoms with van der Waals surface area (Å²) in [6.45, 7) is 18.3. The molecule has 0 bridgehead atoms. The first-order valence-corrected chi connectivity index (χ1v) is 46.8. The van der Waals surface area contributed by atoms with Gasteiger partial charge >= 0.3 is 29.6 Å². The van der Waals surface area contributed by atoms with Crippen molar-refractivity contribution in [1.82, 2.24) is 14.5 Å². The highest BCUT2D eigenvalue weighted by Crippen LogP contribution is 2.47. The number of anilines is 4. The molecule has 0 saturated heterocycles. The summed E-state index contributed by atoms with van der Waals surface area (Å²) in [5.74, 6) is -1.18. The summed E-state index contributed by atoms with van der Waals surface area (Å²) in [7, 11) is -1.27. The first-order chi connectivity index (χ1) is 58.3. The number of sulfonamides is 1. The van der Waals surface area contributed by atoms with Crippen molar-refractivity contribution in [2.45, 2.75) is 164 Å². The van der Waals surface area contributed by atoms with Gasteiger partial charge < -0.3 is 45.1 Å². The van der Waals surface area contributed by atoms with Crippen LogP contribution in [0, 0.1) is 31.1 Å². The van der Waals surface area contributed by atoms with E-state index in [-0.39, 0.29) is 69.5 Å². The number of ether oxygens (including phenoxy) is 4. The van der Waals surface area contributed by atoms with E-state index < -0.39 is 39.1 Å². The van der Waals surface area contributed by atoms with Crippen LogP contribution < -0.4 is 31.9 Å². The Kier molecular flexibility index (Phi) is 31.6. The monoisotopic (exact) mass is 1810 g/mol. The molecule has 122 heavy (non-hydrogen) atoms. The van der Waals surface area contributed by atoms with Crippen LogP contribution >= 0.6 is 80.3 Å². The molecule has 25 nitrogen and oxygen atoms in total. The molecule has 2 atom stereocenters. The van der Waals surface area contributed by atoms with E-state index in [0.717, 1.165) is 142 Å². The van der Waals surface area contributed by atoms with Crippen molar-refractivity contribution >= 4 is 175 Å². The lowest BCUT2D eigenvalue weighted by molar-refractivity contribution is -0.114. The quantitative estimate of drug-likeness (QED) is 0.0143. The smallest absolute Gasteiger partial charge is 0.341 e. The van der Waals surface area contributed by atoms with Crippen LogP contribution in [0.3, 0.4) is 0 Å². The van der Waals surface area contributed by atoms with Gasteiger partial charge in [0.2, 0.25) is 17.7 Å². The number of aryl methyl sites for hydroxylation is 3. The van der Waals surface area contributed by atoms with Crippen LogP contribution in [0.4, 0.5) is 25.7 Å². The van der Waals surface area contributed by atoms with E-state index in [2.05, 4.69) is 58.3 Å². The zero-order valence-electron chi connectivity index (χ0n) is 69.6. The number of methoxy groups -OCH3 is 2. The van der Waals surface area contributed by atoms with Crippen molar-refractivity contribution in [1.29, 1.82) is 0 Å². The molecule has 0 aliphatic heterocycles. The first kappa shape index (κ1) is 92.9. The molecule has 646 valence electrons. The van der Waals surface area contributed by atoms with Crippen LogP contribution in [-0.4, -0.2) is 127 Å². The molecule has 2 unspecified atom stereocenters. The number of pyridine rings is 1. The maximum absolute atomic E-state index is 14.0. The van der Waals surface area contributed by atoms with E-state index in [1.165, 1.54) is 114 Å². The summed E-state index contributed by atoms with van der Waals surface area (Å²) in [5.41, 5.74) is 9.03. The predicted molar refractivity (Wildman–Crippen MR) is 487 cm³/mol. The number of thioether (sulfide) groups is 1. The number of aromatic amines is 1. The van der Waals surface area contributed by atoms with Gasteiger partial charge in [-0.2, -0.15) is 0 Å². The number of thiophene rings is 4. The molecule has 3 amide bonds. The molecule has 0 fully saturated rings. The number of carbonyl (C=O) groups is 7. The van der Waals surface area contributed by atoms with Crippen molar-refractivity contribution in [2.24, 2.45) is 22.2 Å². The zero-order chi connectivity index (χ0) is 88.0. The number of rotatable bonds is 22. The van der Waals surface area contributed by atoms with Crippen LogP contribution in [0.2, 0.25) is 10.0 Å². The number of benzene rings is 4. The Hall–Kier alpha value is -9.83. The molecule has 0 spiro atoms. The molecule has 33 heteroatoms. The zero-order valence-corrected chi connectivity index (χ0v) is 76.0. The number of fused-ring (bicyclic) bond motifs is 5. The largest absolute Gasteiger partial charge is 0.493 e. The van der Waals surface area contributed by atoms with E-state index in [0.29, 0.717) is 117 Å². The summed E-state index contributed by atoms with van der Waals surface area (Å²) < 4.78 is 50.2. The maximum atomic E-state index is 14.0. The Labute approximate surface area is 737 Å². The van der Waals surface area contributed by atoms with Crippen LogP contribution in [0.1, 0.15) is 204 Å². The maximum Gasteiger partial charge on any atom is 0.341 e. The number of esters is 4. The first-order valence-electron chi connectivity index (χ1n) is 40.1. The van der Waals surface area contributed by atoms with E-state index in [9.17, 15) is 56.7 Å².